The van der Waals surface area contributed by atoms with Crippen molar-refractivity contribution in [1.29, 1.82) is 0 Å². The number of allylic oxidation sites excluding steroid dienone is 1. The largest absolute Gasteiger partial charge is 0.289 e. The minimum atomic E-state index is 0.00265. The normalized spacial score (nSPS) is 15.1. The number of fused-ring (bicyclic) bond motifs is 2. The van der Waals surface area contributed by atoms with E-state index in [4.69, 9.17) is 5.10 Å². The van der Waals surface area contributed by atoms with Gasteiger partial charge in [0.05, 0.1) is 17.4 Å². The van der Waals surface area contributed by atoms with E-state index >= 15 is 0 Å². The van der Waals surface area contributed by atoms with Crippen molar-refractivity contribution >= 4 is 44.8 Å². The Morgan fingerprint density at radius 3 is 1.93 bits per heavy atom. The number of benzene rings is 6. The van der Waals surface area contributed by atoms with Crippen LogP contribution in [0.2, 0.25) is 0 Å². The van der Waals surface area contributed by atoms with Crippen molar-refractivity contribution < 1.29 is 4.79 Å². The topological polar surface area (TPSA) is 32.7 Å². The first-order valence-corrected chi connectivity index (χ1v) is 13.9. The van der Waals surface area contributed by atoms with Gasteiger partial charge in [0, 0.05) is 12.0 Å². The number of hydrogen-bond donors (Lipinski definition) is 0. The smallest absolute Gasteiger partial charge is 0.187 e. The summed E-state index contributed by atoms with van der Waals surface area (Å²) < 4.78 is 0. The molecule has 7 rings (SSSR count). The van der Waals surface area contributed by atoms with Gasteiger partial charge < -0.3 is 0 Å². The fourth-order valence-corrected chi connectivity index (χ4v) is 5.76. The Balaban J connectivity index is 1.19. The van der Waals surface area contributed by atoms with Gasteiger partial charge in [0.2, 0.25) is 0 Å². The van der Waals surface area contributed by atoms with Crippen molar-refractivity contribution in [3.05, 3.63) is 168 Å². The predicted molar refractivity (Wildman–Crippen MR) is 171 cm³/mol. The molecule has 6 aromatic rings. The predicted octanol–water partition coefficient (Wildman–Crippen LogP) is 9.24. The molecule has 3 nitrogen and oxygen atoms in total. The second-order valence-electron chi connectivity index (χ2n) is 10.4. The number of anilines is 1. The Bertz CT molecular complexity index is 1870. The van der Waals surface area contributed by atoms with Gasteiger partial charge in [-0.1, -0.05) is 127 Å². The van der Waals surface area contributed by atoms with E-state index in [0.29, 0.717) is 0 Å². The zero-order valence-corrected chi connectivity index (χ0v) is 22.5. The molecule has 0 aliphatic carbocycles. The molecule has 0 unspecified atom stereocenters. The van der Waals surface area contributed by atoms with Crippen LogP contribution in [0.4, 0.5) is 5.69 Å². The van der Waals surface area contributed by atoms with E-state index in [9.17, 15) is 4.79 Å². The van der Waals surface area contributed by atoms with Crippen LogP contribution in [0.3, 0.4) is 0 Å². The monoisotopic (exact) mass is 528 g/mol. The number of hydrazone groups is 1. The summed E-state index contributed by atoms with van der Waals surface area (Å²) in [5.74, 6) is 0.00265. The van der Waals surface area contributed by atoms with Crippen LogP contribution >= 0.6 is 0 Å². The summed E-state index contributed by atoms with van der Waals surface area (Å²) in [6, 6.07) is 47.7. The Kier molecular flexibility index (Phi) is 6.46. The van der Waals surface area contributed by atoms with Gasteiger partial charge >= 0.3 is 0 Å². The van der Waals surface area contributed by atoms with Crippen LogP contribution in [0.5, 0.6) is 0 Å². The molecule has 1 heterocycles. The van der Waals surface area contributed by atoms with Crippen LogP contribution in [0.15, 0.2) is 151 Å². The zero-order chi connectivity index (χ0) is 27.6. The van der Waals surface area contributed by atoms with Crippen molar-refractivity contribution in [2.24, 2.45) is 5.10 Å². The van der Waals surface area contributed by atoms with Gasteiger partial charge in [-0.2, -0.15) is 5.10 Å². The summed E-state index contributed by atoms with van der Waals surface area (Å²) in [6.45, 7) is 0. The maximum Gasteiger partial charge on any atom is 0.187 e. The molecule has 0 saturated carbocycles. The fraction of sp³-hybridized carbons (Fsp3) is 0.0526. The van der Waals surface area contributed by atoms with Gasteiger partial charge in [0.1, 0.15) is 0 Å². The van der Waals surface area contributed by atoms with Crippen LogP contribution in [0.1, 0.15) is 39.5 Å². The Morgan fingerprint density at radius 2 is 1.27 bits per heavy atom. The van der Waals surface area contributed by atoms with Crippen LogP contribution in [0.25, 0.3) is 27.6 Å². The van der Waals surface area contributed by atoms with E-state index in [1.807, 2.05) is 54.6 Å². The Labute approximate surface area is 239 Å². The van der Waals surface area contributed by atoms with E-state index < -0.39 is 0 Å². The fourth-order valence-electron chi connectivity index (χ4n) is 5.76. The second kappa shape index (κ2) is 10.7. The lowest BCUT2D eigenvalue weighted by molar-refractivity contribution is 0.105. The lowest BCUT2D eigenvalue weighted by atomic mass is 9.94. The lowest BCUT2D eigenvalue weighted by Crippen LogP contribution is -2.18. The second-order valence-corrected chi connectivity index (χ2v) is 10.4. The molecule has 41 heavy (non-hydrogen) atoms. The summed E-state index contributed by atoms with van der Waals surface area (Å²) in [5, 5.41) is 11.3. The highest BCUT2D eigenvalue weighted by molar-refractivity contribution is 6.23. The van der Waals surface area contributed by atoms with Crippen LogP contribution in [-0.4, -0.2) is 11.5 Å². The van der Waals surface area contributed by atoms with Gasteiger partial charge in [-0.3, -0.25) is 9.80 Å². The molecule has 6 aromatic carbocycles. The first kappa shape index (κ1) is 24.7. The highest BCUT2D eigenvalue weighted by Crippen LogP contribution is 2.37. The average molecular weight is 529 g/mol. The molecule has 0 aromatic heterocycles. The summed E-state index contributed by atoms with van der Waals surface area (Å²) in [5.41, 5.74) is 6.20. The molecule has 0 amide bonds. The Hall–Kier alpha value is -5.28. The van der Waals surface area contributed by atoms with Gasteiger partial charge in [0.15, 0.2) is 5.78 Å². The maximum absolute atomic E-state index is 13.6. The van der Waals surface area contributed by atoms with E-state index in [0.717, 1.165) is 56.1 Å². The third-order valence-corrected chi connectivity index (χ3v) is 7.80. The van der Waals surface area contributed by atoms with Crippen LogP contribution in [0, 0.1) is 0 Å². The zero-order valence-electron chi connectivity index (χ0n) is 22.5. The van der Waals surface area contributed by atoms with Gasteiger partial charge in [-0.15, -0.1) is 0 Å². The van der Waals surface area contributed by atoms with E-state index in [1.165, 1.54) is 5.56 Å². The number of ketones is 1. The molecule has 0 saturated heterocycles. The van der Waals surface area contributed by atoms with E-state index in [1.54, 1.807) is 6.08 Å². The van der Waals surface area contributed by atoms with Crippen LogP contribution in [-0.2, 0) is 0 Å². The number of hydrogen-bond acceptors (Lipinski definition) is 3. The molecule has 0 N–H and O–H groups in total. The number of carbonyl (C=O) groups excluding carboxylic acids is 1. The average Bonchev–Trinajstić information content (AvgIpc) is 3.49. The van der Waals surface area contributed by atoms with Crippen molar-refractivity contribution in [2.75, 3.05) is 5.01 Å². The first-order valence-electron chi connectivity index (χ1n) is 13.9. The Morgan fingerprint density at radius 1 is 0.683 bits per heavy atom. The third-order valence-electron chi connectivity index (χ3n) is 7.80. The number of carbonyl (C=O) groups is 1. The highest BCUT2D eigenvalue weighted by Gasteiger charge is 2.29. The molecule has 1 aliphatic rings. The highest BCUT2D eigenvalue weighted by atomic mass is 16.1. The summed E-state index contributed by atoms with van der Waals surface area (Å²) in [6.07, 6.45) is 4.43. The molecular weight excluding hydrogens is 500 g/mol. The SMILES string of the molecule is O=C(/C=C/c1ccc(N2N=C(c3ccccc3)C[C@H]2c2ccccc2)cc1)c1c2ccccc2cc2ccccc12. The molecule has 196 valence electrons. The minimum Gasteiger partial charge on any atom is -0.289 e. The molecule has 0 fully saturated rings. The van der Waals surface area contributed by atoms with Gasteiger partial charge in [-0.05, 0) is 62.5 Å². The first-order chi connectivity index (χ1) is 20.2. The van der Waals surface area contributed by atoms with Gasteiger partial charge in [0.25, 0.3) is 0 Å². The summed E-state index contributed by atoms with van der Waals surface area (Å²) in [7, 11) is 0. The molecule has 0 radical (unpaired) electrons. The van der Waals surface area contributed by atoms with Crippen molar-refractivity contribution in [1.82, 2.24) is 0 Å². The van der Waals surface area contributed by atoms with Crippen molar-refractivity contribution in [3.63, 3.8) is 0 Å². The van der Waals surface area contributed by atoms with E-state index in [2.05, 4.69) is 96.0 Å². The number of nitrogens with zero attached hydrogens (tertiary/aromatic N) is 2. The third kappa shape index (κ3) is 4.83. The maximum atomic E-state index is 13.6. The molecule has 0 bridgehead atoms. The van der Waals surface area contributed by atoms with Crippen molar-refractivity contribution in [3.8, 4) is 0 Å². The lowest BCUT2D eigenvalue weighted by Gasteiger charge is -2.24. The quantitative estimate of drug-likeness (QED) is 0.123. The standard InChI is InChI=1S/C38H28N2O/c41-37(38-33-17-9-7-15-30(33)25-31-16-8-10-18-34(31)38)24-21-27-19-22-32(23-20-27)40-36(29-13-5-2-6-14-29)26-35(39-40)28-11-3-1-4-12-28/h1-25,36H,26H2/b24-21+/t36-/m0/s1. The molecule has 1 aliphatic heterocycles. The van der Waals surface area contributed by atoms with Gasteiger partial charge in [-0.25, -0.2) is 0 Å². The van der Waals surface area contributed by atoms with Crippen LogP contribution < -0.4 is 5.01 Å². The number of rotatable bonds is 6. The summed E-state index contributed by atoms with van der Waals surface area (Å²) >= 11 is 0. The molecule has 0 spiro atoms. The van der Waals surface area contributed by atoms with Crippen molar-refractivity contribution in [2.45, 2.75) is 12.5 Å². The summed E-state index contributed by atoms with van der Waals surface area (Å²) in [4.78, 5) is 13.6. The van der Waals surface area contributed by atoms with E-state index in [-0.39, 0.29) is 11.8 Å². The molecular formula is C38H28N2O. The molecule has 3 heteroatoms. The molecule has 1 atom stereocenters. The minimum absolute atomic E-state index is 0.00265.